The zero-order valence-electron chi connectivity index (χ0n) is 17.7. The number of carbonyl (C=O) groups excluding carboxylic acids is 2. The second kappa shape index (κ2) is 8.63. The van der Waals surface area contributed by atoms with Gasteiger partial charge in [0.2, 0.25) is 6.79 Å². The number of para-hydroxylation sites is 1. The molecule has 7 heteroatoms. The zero-order chi connectivity index (χ0) is 22.0. The third-order valence-electron chi connectivity index (χ3n) is 5.33. The molecule has 4 rings (SSSR count). The van der Waals surface area contributed by atoms with Crippen LogP contribution in [0.4, 0.5) is 0 Å². The number of rotatable bonds is 6. The molecule has 0 unspecified atom stereocenters. The molecule has 31 heavy (non-hydrogen) atoms. The van der Waals surface area contributed by atoms with Crippen molar-refractivity contribution in [3.05, 3.63) is 64.8 Å². The first-order valence-electron chi connectivity index (χ1n) is 10.2. The van der Waals surface area contributed by atoms with Crippen LogP contribution < -0.4 is 14.8 Å². The van der Waals surface area contributed by atoms with E-state index in [0.29, 0.717) is 23.5 Å². The summed E-state index contributed by atoms with van der Waals surface area (Å²) in [5, 5.41) is 3.51. The number of aryl methyl sites for hydroxylation is 1. The topological polar surface area (TPSA) is 86.8 Å². The maximum absolute atomic E-state index is 13.0. The lowest BCUT2D eigenvalue weighted by Gasteiger charge is -2.17. The summed E-state index contributed by atoms with van der Waals surface area (Å²) in [6.07, 6.45) is -0.249. The predicted molar refractivity (Wildman–Crippen MR) is 115 cm³/mol. The van der Waals surface area contributed by atoms with Crippen molar-refractivity contribution in [2.75, 3.05) is 6.79 Å². The van der Waals surface area contributed by atoms with Crippen LogP contribution in [0.3, 0.4) is 0 Å². The molecule has 7 nitrogen and oxygen atoms in total. The second-order valence-electron chi connectivity index (χ2n) is 7.38. The number of esters is 1. The van der Waals surface area contributed by atoms with E-state index in [1.165, 1.54) is 0 Å². The number of nitrogens with one attached hydrogen (secondary N) is 1. The SMILES string of the molecule is CCc1nc2ccccc2c(C(=O)O[C@@H](C)C(=O)NCc2ccc3c(c2)OCO3)c1C. The highest BCUT2D eigenvalue weighted by atomic mass is 16.7. The summed E-state index contributed by atoms with van der Waals surface area (Å²) in [5.74, 6) is 0.427. The minimum atomic E-state index is -0.946. The highest BCUT2D eigenvalue weighted by molar-refractivity contribution is 6.05. The van der Waals surface area contributed by atoms with Crippen LogP contribution in [0.1, 0.15) is 41.0 Å². The van der Waals surface area contributed by atoms with E-state index in [2.05, 4.69) is 10.3 Å². The van der Waals surface area contributed by atoms with Crippen molar-refractivity contribution in [3.8, 4) is 11.5 Å². The minimum Gasteiger partial charge on any atom is -0.454 e. The Bertz CT molecular complexity index is 1160. The number of ether oxygens (including phenoxy) is 3. The fourth-order valence-electron chi connectivity index (χ4n) is 3.62. The van der Waals surface area contributed by atoms with Gasteiger partial charge in [-0.1, -0.05) is 31.2 Å². The zero-order valence-corrected chi connectivity index (χ0v) is 17.7. The summed E-state index contributed by atoms with van der Waals surface area (Å²) >= 11 is 0. The Balaban J connectivity index is 1.46. The third kappa shape index (κ3) is 4.17. The average Bonchev–Trinajstić information content (AvgIpc) is 3.24. The lowest BCUT2D eigenvalue weighted by atomic mass is 10.0. The normalized spacial score (nSPS) is 13.1. The number of hydrogen-bond donors (Lipinski definition) is 1. The Morgan fingerprint density at radius 1 is 1.16 bits per heavy atom. The largest absolute Gasteiger partial charge is 0.454 e. The molecule has 0 aliphatic carbocycles. The van der Waals surface area contributed by atoms with E-state index < -0.39 is 12.1 Å². The third-order valence-corrected chi connectivity index (χ3v) is 5.33. The monoisotopic (exact) mass is 420 g/mol. The van der Waals surface area contributed by atoms with Crippen molar-refractivity contribution >= 4 is 22.8 Å². The first-order chi connectivity index (χ1) is 15.0. The number of carbonyl (C=O) groups is 2. The van der Waals surface area contributed by atoms with E-state index >= 15 is 0 Å². The molecule has 1 aromatic heterocycles. The highest BCUT2D eigenvalue weighted by Crippen LogP contribution is 2.32. The van der Waals surface area contributed by atoms with E-state index in [9.17, 15) is 9.59 Å². The van der Waals surface area contributed by atoms with Gasteiger partial charge in [-0.2, -0.15) is 0 Å². The average molecular weight is 420 g/mol. The molecule has 0 saturated heterocycles. The van der Waals surface area contributed by atoms with Gasteiger partial charge in [-0.05, 0) is 49.6 Å². The molecule has 3 aromatic rings. The predicted octanol–water partition coefficient (Wildman–Crippen LogP) is 3.70. The summed E-state index contributed by atoms with van der Waals surface area (Å²) in [6, 6.07) is 12.9. The number of amides is 1. The first-order valence-corrected chi connectivity index (χ1v) is 10.2. The molecule has 2 heterocycles. The highest BCUT2D eigenvalue weighted by Gasteiger charge is 2.23. The molecule has 0 bridgehead atoms. The van der Waals surface area contributed by atoms with Gasteiger partial charge >= 0.3 is 5.97 Å². The standard InChI is InChI=1S/C24H24N2O5/c1-4-18-14(2)22(17-7-5-6-8-19(17)26-18)24(28)31-15(3)23(27)25-12-16-9-10-20-21(11-16)30-13-29-20/h5-11,15H,4,12-13H2,1-3H3,(H,25,27)/t15-/m0/s1. The summed E-state index contributed by atoms with van der Waals surface area (Å²) in [6.45, 7) is 5.90. The van der Waals surface area contributed by atoms with E-state index in [4.69, 9.17) is 14.2 Å². The van der Waals surface area contributed by atoms with Crippen LogP contribution in [0.25, 0.3) is 10.9 Å². The molecular formula is C24H24N2O5. The molecule has 1 aliphatic heterocycles. The lowest BCUT2D eigenvalue weighted by Crippen LogP contribution is -2.35. The van der Waals surface area contributed by atoms with Crippen LogP contribution in [0.2, 0.25) is 0 Å². The molecule has 0 radical (unpaired) electrons. The number of benzene rings is 2. The molecule has 1 amide bonds. The van der Waals surface area contributed by atoms with Crippen LogP contribution in [0.15, 0.2) is 42.5 Å². The maximum atomic E-state index is 13.0. The Hall–Kier alpha value is -3.61. The Morgan fingerprint density at radius 3 is 2.74 bits per heavy atom. The van der Waals surface area contributed by atoms with E-state index in [1.54, 1.807) is 13.0 Å². The van der Waals surface area contributed by atoms with Crippen molar-refractivity contribution in [3.63, 3.8) is 0 Å². The van der Waals surface area contributed by atoms with Gasteiger partial charge in [0, 0.05) is 17.6 Å². The van der Waals surface area contributed by atoms with Gasteiger partial charge in [-0.15, -0.1) is 0 Å². The lowest BCUT2D eigenvalue weighted by molar-refractivity contribution is -0.129. The molecule has 160 valence electrons. The van der Waals surface area contributed by atoms with Gasteiger partial charge in [-0.3, -0.25) is 9.78 Å². The van der Waals surface area contributed by atoms with Gasteiger partial charge in [0.05, 0.1) is 11.1 Å². The Morgan fingerprint density at radius 2 is 1.94 bits per heavy atom. The maximum Gasteiger partial charge on any atom is 0.339 e. The second-order valence-corrected chi connectivity index (χ2v) is 7.38. The fraction of sp³-hybridized carbons (Fsp3) is 0.292. The van der Waals surface area contributed by atoms with Gasteiger partial charge in [-0.25, -0.2) is 4.79 Å². The number of pyridine rings is 1. The minimum absolute atomic E-state index is 0.195. The van der Waals surface area contributed by atoms with Gasteiger partial charge in [0.25, 0.3) is 5.91 Å². The summed E-state index contributed by atoms with van der Waals surface area (Å²) in [4.78, 5) is 30.2. The van der Waals surface area contributed by atoms with E-state index in [1.807, 2.05) is 50.2 Å². The number of hydrogen-bond acceptors (Lipinski definition) is 6. The van der Waals surface area contributed by atoms with Crippen LogP contribution in [-0.2, 0) is 22.5 Å². The van der Waals surface area contributed by atoms with Crippen LogP contribution in [-0.4, -0.2) is 29.8 Å². The Labute approximate surface area is 180 Å². The number of nitrogens with zero attached hydrogens (tertiary/aromatic N) is 1. The molecular weight excluding hydrogens is 396 g/mol. The smallest absolute Gasteiger partial charge is 0.339 e. The molecule has 0 spiro atoms. The van der Waals surface area contributed by atoms with Crippen molar-refractivity contribution in [2.45, 2.75) is 39.8 Å². The van der Waals surface area contributed by atoms with Crippen LogP contribution in [0.5, 0.6) is 11.5 Å². The molecule has 0 fully saturated rings. The van der Waals surface area contributed by atoms with Crippen LogP contribution in [0, 0.1) is 6.92 Å². The summed E-state index contributed by atoms with van der Waals surface area (Å²) < 4.78 is 16.2. The molecule has 2 aromatic carbocycles. The molecule has 0 saturated carbocycles. The van der Waals surface area contributed by atoms with Crippen molar-refractivity contribution < 1.29 is 23.8 Å². The number of fused-ring (bicyclic) bond motifs is 2. The Kier molecular flexibility index (Phi) is 5.75. The first kappa shape index (κ1) is 20.7. The molecule has 1 N–H and O–H groups in total. The fourth-order valence-corrected chi connectivity index (χ4v) is 3.62. The van der Waals surface area contributed by atoms with Gasteiger partial charge < -0.3 is 19.5 Å². The summed E-state index contributed by atoms with van der Waals surface area (Å²) in [5.41, 5.74) is 3.67. The van der Waals surface area contributed by atoms with Crippen LogP contribution >= 0.6 is 0 Å². The van der Waals surface area contributed by atoms with Crippen molar-refractivity contribution in [1.82, 2.24) is 10.3 Å². The number of aromatic nitrogens is 1. The molecule has 1 atom stereocenters. The van der Waals surface area contributed by atoms with E-state index in [0.717, 1.165) is 27.7 Å². The van der Waals surface area contributed by atoms with Crippen molar-refractivity contribution in [1.29, 1.82) is 0 Å². The van der Waals surface area contributed by atoms with Gasteiger partial charge in [0.15, 0.2) is 17.6 Å². The van der Waals surface area contributed by atoms with Gasteiger partial charge in [0.1, 0.15) is 0 Å². The van der Waals surface area contributed by atoms with E-state index in [-0.39, 0.29) is 19.2 Å². The quantitative estimate of drug-likeness (QED) is 0.612. The van der Waals surface area contributed by atoms with Crippen molar-refractivity contribution in [2.24, 2.45) is 0 Å². The summed E-state index contributed by atoms with van der Waals surface area (Å²) in [7, 11) is 0. The molecule has 1 aliphatic rings.